The molecule has 1 amide bonds. The van der Waals surface area contributed by atoms with Crippen molar-refractivity contribution in [3.05, 3.63) is 70.8 Å². The first-order valence-corrected chi connectivity index (χ1v) is 7.73. The predicted octanol–water partition coefficient (Wildman–Crippen LogP) is 3.81. The minimum Gasteiger partial charge on any atom is -0.452 e. The van der Waals surface area contributed by atoms with E-state index in [1.165, 1.54) is 6.08 Å². The first-order chi connectivity index (χ1) is 11.5. The molecule has 0 heterocycles. The molecular formula is C20H21NO3. The number of anilines is 1. The molecule has 4 heteroatoms. The Morgan fingerprint density at radius 3 is 2.50 bits per heavy atom. The molecule has 4 nitrogen and oxygen atoms in total. The van der Waals surface area contributed by atoms with Crippen molar-refractivity contribution >= 4 is 23.6 Å². The third kappa shape index (κ3) is 5.09. The van der Waals surface area contributed by atoms with Crippen LogP contribution in [0, 0.1) is 20.8 Å². The predicted molar refractivity (Wildman–Crippen MR) is 95.7 cm³/mol. The number of ether oxygens (including phenoxy) is 1. The monoisotopic (exact) mass is 323 g/mol. The number of rotatable bonds is 5. The molecule has 124 valence electrons. The Labute approximate surface area is 142 Å². The van der Waals surface area contributed by atoms with Gasteiger partial charge in [-0.2, -0.15) is 0 Å². The normalized spacial score (nSPS) is 10.6. The number of hydrogen-bond donors (Lipinski definition) is 1. The van der Waals surface area contributed by atoms with Crippen molar-refractivity contribution in [2.24, 2.45) is 0 Å². The van der Waals surface area contributed by atoms with E-state index in [1.54, 1.807) is 6.08 Å². The number of nitrogens with one attached hydrogen (secondary N) is 1. The van der Waals surface area contributed by atoms with Crippen molar-refractivity contribution in [2.45, 2.75) is 20.8 Å². The third-order valence-corrected chi connectivity index (χ3v) is 3.59. The number of benzene rings is 2. The third-order valence-electron chi connectivity index (χ3n) is 3.59. The molecule has 0 saturated carbocycles. The van der Waals surface area contributed by atoms with Crippen LogP contribution in [0.4, 0.5) is 5.69 Å². The standard InChI is InChI=1S/C20H21NO3/c1-14-8-10-18(16(3)12-14)21-19(22)13-24-20(23)11-9-17-7-5-4-6-15(17)2/h4-12H,13H2,1-3H3,(H,21,22)/b11-9+. The van der Waals surface area contributed by atoms with E-state index in [0.29, 0.717) is 0 Å². The van der Waals surface area contributed by atoms with E-state index in [9.17, 15) is 9.59 Å². The molecule has 0 aromatic heterocycles. The van der Waals surface area contributed by atoms with Crippen molar-refractivity contribution in [1.29, 1.82) is 0 Å². The molecule has 2 rings (SSSR count). The van der Waals surface area contributed by atoms with Crippen molar-refractivity contribution < 1.29 is 14.3 Å². The van der Waals surface area contributed by atoms with Gasteiger partial charge in [-0.25, -0.2) is 4.79 Å². The zero-order valence-corrected chi connectivity index (χ0v) is 14.1. The fraction of sp³-hybridized carbons (Fsp3) is 0.200. The Morgan fingerprint density at radius 1 is 1.04 bits per heavy atom. The Morgan fingerprint density at radius 2 is 1.79 bits per heavy atom. The van der Waals surface area contributed by atoms with Crippen molar-refractivity contribution in [3.63, 3.8) is 0 Å². The van der Waals surface area contributed by atoms with Gasteiger partial charge in [0.2, 0.25) is 0 Å². The van der Waals surface area contributed by atoms with Gasteiger partial charge in [-0.3, -0.25) is 4.79 Å². The zero-order chi connectivity index (χ0) is 17.5. The minimum atomic E-state index is -0.547. The van der Waals surface area contributed by atoms with E-state index in [0.717, 1.165) is 27.9 Å². The molecule has 1 N–H and O–H groups in total. The summed E-state index contributed by atoms with van der Waals surface area (Å²) in [6.45, 7) is 5.55. The second kappa shape index (κ2) is 8.11. The Bertz CT molecular complexity index is 778. The van der Waals surface area contributed by atoms with Crippen LogP contribution in [0.25, 0.3) is 6.08 Å². The summed E-state index contributed by atoms with van der Waals surface area (Å²) in [6.07, 6.45) is 3.01. The molecule has 24 heavy (non-hydrogen) atoms. The van der Waals surface area contributed by atoms with Gasteiger partial charge < -0.3 is 10.1 Å². The van der Waals surface area contributed by atoms with Crippen LogP contribution in [0.2, 0.25) is 0 Å². The maximum Gasteiger partial charge on any atom is 0.331 e. The SMILES string of the molecule is Cc1ccc(NC(=O)COC(=O)/C=C/c2ccccc2C)c(C)c1. The first kappa shape index (κ1) is 17.5. The zero-order valence-electron chi connectivity index (χ0n) is 14.1. The average molecular weight is 323 g/mol. The highest BCUT2D eigenvalue weighted by atomic mass is 16.5. The van der Waals surface area contributed by atoms with Crippen LogP contribution in [0.5, 0.6) is 0 Å². The number of esters is 1. The maximum absolute atomic E-state index is 11.9. The molecule has 2 aromatic carbocycles. The van der Waals surface area contributed by atoms with Crippen molar-refractivity contribution in [3.8, 4) is 0 Å². The first-order valence-electron chi connectivity index (χ1n) is 7.73. The number of hydrogen-bond acceptors (Lipinski definition) is 3. The molecule has 0 atom stereocenters. The topological polar surface area (TPSA) is 55.4 Å². The van der Waals surface area contributed by atoms with E-state index >= 15 is 0 Å². The van der Waals surface area contributed by atoms with Gasteiger partial charge in [-0.1, -0.05) is 42.0 Å². The lowest BCUT2D eigenvalue weighted by Gasteiger charge is -2.09. The second-order valence-corrected chi connectivity index (χ2v) is 5.66. The van der Waals surface area contributed by atoms with E-state index in [4.69, 9.17) is 4.74 Å². The van der Waals surface area contributed by atoms with Crippen LogP contribution in [0.15, 0.2) is 48.5 Å². The van der Waals surface area contributed by atoms with Gasteiger partial charge in [0.25, 0.3) is 5.91 Å². The van der Waals surface area contributed by atoms with Crippen molar-refractivity contribution in [1.82, 2.24) is 0 Å². The van der Waals surface area contributed by atoms with Gasteiger partial charge in [-0.05, 0) is 49.6 Å². The van der Waals surface area contributed by atoms with Gasteiger partial charge in [0, 0.05) is 11.8 Å². The Hall–Kier alpha value is -2.88. The molecule has 0 saturated heterocycles. The summed E-state index contributed by atoms with van der Waals surface area (Å²) in [6, 6.07) is 13.4. The molecule has 0 radical (unpaired) electrons. The molecule has 0 aliphatic carbocycles. The summed E-state index contributed by atoms with van der Waals surface area (Å²) >= 11 is 0. The quantitative estimate of drug-likeness (QED) is 0.672. The van der Waals surface area contributed by atoms with Crippen LogP contribution < -0.4 is 5.32 Å². The van der Waals surface area contributed by atoms with E-state index < -0.39 is 5.97 Å². The maximum atomic E-state index is 11.9. The summed E-state index contributed by atoms with van der Waals surface area (Å²) in [5, 5.41) is 2.74. The second-order valence-electron chi connectivity index (χ2n) is 5.66. The number of aryl methyl sites for hydroxylation is 3. The molecule has 0 bridgehead atoms. The summed E-state index contributed by atoms with van der Waals surface area (Å²) < 4.78 is 4.96. The highest BCUT2D eigenvalue weighted by Gasteiger charge is 2.07. The summed E-state index contributed by atoms with van der Waals surface area (Å²) in [4.78, 5) is 23.6. The Balaban J connectivity index is 1.85. The largest absolute Gasteiger partial charge is 0.452 e. The van der Waals surface area contributed by atoms with Gasteiger partial charge in [0.1, 0.15) is 0 Å². The van der Waals surface area contributed by atoms with Crippen LogP contribution in [-0.2, 0) is 14.3 Å². The van der Waals surface area contributed by atoms with Crippen LogP contribution >= 0.6 is 0 Å². The van der Waals surface area contributed by atoms with Crippen LogP contribution in [0.1, 0.15) is 22.3 Å². The van der Waals surface area contributed by atoms with Crippen LogP contribution in [0.3, 0.4) is 0 Å². The minimum absolute atomic E-state index is 0.315. The summed E-state index contributed by atoms with van der Waals surface area (Å²) in [5.74, 6) is -0.909. The van der Waals surface area contributed by atoms with Gasteiger partial charge in [0.15, 0.2) is 6.61 Å². The molecule has 0 aliphatic heterocycles. The summed E-state index contributed by atoms with van der Waals surface area (Å²) in [7, 11) is 0. The van der Waals surface area contributed by atoms with Gasteiger partial charge in [-0.15, -0.1) is 0 Å². The van der Waals surface area contributed by atoms with E-state index in [-0.39, 0.29) is 12.5 Å². The van der Waals surface area contributed by atoms with Crippen LogP contribution in [-0.4, -0.2) is 18.5 Å². The van der Waals surface area contributed by atoms with E-state index in [2.05, 4.69) is 5.32 Å². The fourth-order valence-electron chi connectivity index (χ4n) is 2.26. The molecular weight excluding hydrogens is 302 g/mol. The highest BCUT2D eigenvalue weighted by molar-refractivity contribution is 5.95. The Kier molecular flexibility index (Phi) is 5.90. The number of carbonyl (C=O) groups is 2. The lowest BCUT2D eigenvalue weighted by Crippen LogP contribution is -2.20. The van der Waals surface area contributed by atoms with Gasteiger partial charge >= 0.3 is 5.97 Å². The molecule has 0 unspecified atom stereocenters. The number of carbonyl (C=O) groups excluding carboxylic acids is 2. The smallest absolute Gasteiger partial charge is 0.331 e. The fourth-order valence-corrected chi connectivity index (χ4v) is 2.26. The summed E-state index contributed by atoms with van der Waals surface area (Å²) in [5.41, 5.74) is 4.81. The highest BCUT2D eigenvalue weighted by Crippen LogP contribution is 2.15. The molecule has 0 spiro atoms. The van der Waals surface area contributed by atoms with Crippen molar-refractivity contribution in [2.75, 3.05) is 11.9 Å². The lowest BCUT2D eigenvalue weighted by molar-refractivity contribution is -0.142. The average Bonchev–Trinajstić information content (AvgIpc) is 2.55. The molecule has 2 aromatic rings. The number of amides is 1. The van der Waals surface area contributed by atoms with E-state index in [1.807, 2.05) is 63.2 Å². The lowest BCUT2D eigenvalue weighted by atomic mass is 10.1. The van der Waals surface area contributed by atoms with Gasteiger partial charge in [0.05, 0.1) is 0 Å². The molecule has 0 fully saturated rings. The molecule has 0 aliphatic rings.